The summed E-state index contributed by atoms with van der Waals surface area (Å²) in [5.74, 6) is 0.395. The van der Waals surface area contributed by atoms with Crippen LogP contribution in [0.15, 0.2) is 48.5 Å². The van der Waals surface area contributed by atoms with Crippen LogP contribution in [0.5, 0.6) is 0 Å². The van der Waals surface area contributed by atoms with Gasteiger partial charge in [0.15, 0.2) is 0 Å². The van der Waals surface area contributed by atoms with Crippen LogP contribution in [0, 0.1) is 25.7 Å². The Morgan fingerprint density at radius 3 is 2.38 bits per heavy atom. The summed E-state index contributed by atoms with van der Waals surface area (Å²) in [5, 5.41) is 3.10. The molecular weight excluding hydrogens is 360 g/mol. The Morgan fingerprint density at radius 2 is 1.72 bits per heavy atom. The van der Waals surface area contributed by atoms with Gasteiger partial charge in [0, 0.05) is 31.1 Å². The van der Waals surface area contributed by atoms with E-state index in [2.05, 4.69) is 38.2 Å². The smallest absolute Gasteiger partial charge is 0.253 e. The Hall–Kier alpha value is -2.62. The van der Waals surface area contributed by atoms with Crippen LogP contribution >= 0.6 is 0 Å². The normalized spacial score (nSPS) is 18.9. The van der Waals surface area contributed by atoms with Crippen LogP contribution in [0.25, 0.3) is 0 Å². The molecule has 2 aromatic carbocycles. The number of hydrogen-bond acceptors (Lipinski definition) is 2. The first-order chi connectivity index (χ1) is 13.9. The average molecular weight is 393 g/mol. The number of hydrogen-bond donors (Lipinski definition) is 1. The van der Waals surface area contributed by atoms with E-state index in [0.717, 1.165) is 17.5 Å². The lowest BCUT2D eigenvalue weighted by Gasteiger charge is -2.20. The van der Waals surface area contributed by atoms with Gasteiger partial charge < -0.3 is 10.2 Å². The number of benzene rings is 2. The lowest BCUT2D eigenvalue weighted by molar-refractivity contribution is -0.124. The van der Waals surface area contributed by atoms with Gasteiger partial charge in [-0.05, 0) is 49.4 Å². The van der Waals surface area contributed by atoms with Crippen molar-refractivity contribution in [3.8, 4) is 0 Å². The van der Waals surface area contributed by atoms with Crippen molar-refractivity contribution in [3.05, 3.63) is 70.8 Å². The molecule has 0 bridgehead atoms. The van der Waals surface area contributed by atoms with E-state index in [4.69, 9.17) is 0 Å². The summed E-state index contributed by atoms with van der Waals surface area (Å²) in [4.78, 5) is 27.9. The van der Waals surface area contributed by atoms with E-state index in [1.54, 1.807) is 0 Å². The van der Waals surface area contributed by atoms with Crippen molar-refractivity contribution in [2.24, 2.45) is 11.8 Å². The lowest BCUT2D eigenvalue weighted by atomic mass is 9.86. The maximum Gasteiger partial charge on any atom is 0.253 e. The maximum atomic E-state index is 13.1. The van der Waals surface area contributed by atoms with Crippen LogP contribution in [-0.2, 0) is 4.79 Å². The number of nitrogens with zero attached hydrogens (tertiary/aromatic N) is 1. The zero-order valence-electron chi connectivity index (χ0n) is 17.9. The molecule has 1 aliphatic heterocycles. The summed E-state index contributed by atoms with van der Waals surface area (Å²) in [6.07, 6.45) is 0.958. The molecule has 1 heterocycles. The molecule has 4 nitrogen and oxygen atoms in total. The predicted molar refractivity (Wildman–Crippen MR) is 117 cm³/mol. The van der Waals surface area contributed by atoms with Gasteiger partial charge in [-0.25, -0.2) is 0 Å². The molecule has 4 heteroatoms. The summed E-state index contributed by atoms with van der Waals surface area (Å²) in [6, 6.07) is 15.9. The van der Waals surface area contributed by atoms with Crippen molar-refractivity contribution in [1.29, 1.82) is 0 Å². The molecule has 1 saturated heterocycles. The molecule has 0 aromatic heterocycles. The number of aryl methyl sites for hydroxylation is 2. The topological polar surface area (TPSA) is 49.4 Å². The largest absolute Gasteiger partial charge is 0.356 e. The Bertz CT molecular complexity index is 857. The Balaban J connectivity index is 1.81. The second-order valence-corrected chi connectivity index (χ2v) is 8.62. The summed E-state index contributed by atoms with van der Waals surface area (Å²) in [6.45, 7) is 10.1. The molecule has 0 saturated carbocycles. The molecule has 0 aliphatic carbocycles. The first kappa shape index (κ1) is 21.1. The molecule has 2 atom stereocenters. The first-order valence-corrected chi connectivity index (χ1v) is 10.6. The van der Waals surface area contributed by atoms with E-state index in [-0.39, 0.29) is 23.7 Å². The third-order valence-electron chi connectivity index (χ3n) is 5.85. The number of carbonyl (C=O) groups excluding carboxylic acids is 2. The van der Waals surface area contributed by atoms with Gasteiger partial charge in [-0.1, -0.05) is 55.8 Å². The van der Waals surface area contributed by atoms with Crippen LogP contribution in [-0.4, -0.2) is 36.3 Å². The van der Waals surface area contributed by atoms with Crippen molar-refractivity contribution in [2.75, 3.05) is 19.6 Å². The number of amides is 2. The van der Waals surface area contributed by atoms with Gasteiger partial charge in [0.1, 0.15) is 0 Å². The van der Waals surface area contributed by atoms with Gasteiger partial charge >= 0.3 is 0 Å². The van der Waals surface area contributed by atoms with E-state index >= 15 is 0 Å². The molecular formula is C25H32N2O2. The minimum atomic E-state index is -0.224. The third kappa shape index (κ3) is 5.06. The standard InChI is InChI=1S/C25H32N2O2/c1-17(2)13-14-26-24(28)23-16-27(25(29)20-11-9-18(3)10-12-20)15-22(23)21-8-6-5-7-19(21)4/h5-12,17,22-23H,13-16H2,1-4H3,(H,26,28). The molecule has 2 amide bonds. The van der Waals surface area contributed by atoms with Gasteiger partial charge in [-0.2, -0.15) is 0 Å². The van der Waals surface area contributed by atoms with Gasteiger partial charge in [0.25, 0.3) is 5.91 Å². The highest BCUT2D eigenvalue weighted by Crippen LogP contribution is 2.35. The Kier molecular flexibility index (Phi) is 6.73. The Labute approximate surface area is 174 Å². The SMILES string of the molecule is Cc1ccc(C(=O)N2CC(C(=O)NCCC(C)C)C(c3ccccc3C)C2)cc1. The van der Waals surface area contributed by atoms with Gasteiger partial charge in [-0.15, -0.1) is 0 Å². The van der Waals surface area contributed by atoms with E-state index in [1.165, 1.54) is 5.56 Å². The molecule has 0 radical (unpaired) electrons. The van der Waals surface area contributed by atoms with E-state index < -0.39 is 0 Å². The summed E-state index contributed by atoms with van der Waals surface area (Å²) >= 11 is 0. The van der Waals surface area contributed by atoms with E-state index in [0.29, 0.717) is 31.1 Å². The van der Waals surface area contributed by atoms with Crippen LogP contribution in [0.4, 0.5) is 0 Å². The van der Waals surface area contributed by atoms with E-state index in [1.807, 2.05) is 48.2 Å². The highest BCUT2D eigenvalue weighted by atomic mass is 16.2. The van der Waals surface area contributed by atoms with Crippen LogP contribution in [0.1, 0.15) is 53.2 Å². The molecule has 154 valence electrons. The molecule has 3 rings (SSSR count). The zero-order valence-corrected chi connectivity index (χ0v) is 17.9. The minimum Gasteiger partial charge on any atom is -0.356 e. The van der Waals surface area contributed by atoms with Gasteiger partial charge in [-0.3, -0.25) is 9.59 Å². The molecule has 1 N–H and O–H groups in total. The predicted octanol–water partition coefficient (Wildman–Crippen LogP) is 4.32. The summed E-state index contributed by atoms with van der Waals surface area (Å²) < 4.78 is 0. The number of nitrogens with one attached hydrogen (secondary N) is 1. The Morgan fingerprint density at radius 1 is 1.03 bits per heavy atom. The van der Waals surface area contributed by atoms with E-state index in [9.17, 15) is 9.59 Å². The first-order valence-electron chi connectivity index (χ1n) is 10.6. The number of likely N-dealkylation sites (tertiary alicyclic amines) is 1. The van der Waals surface area contributed by atoms with Gasteiger partial charge in [0.05, 0.1) is 5.92 Å². The van der Waals surface area contributed by atoms with Gasteiger partial charge in [0.2, 0.25) is 5.91 Å². The molecule has 2 aromatic rings. The maximum absolute atomic E-state index is 13.1. The third-order valence-corrected chi connectivity index (χ3v) is 5.85. The summed E-state index contributed by atoms with van der Waals surface area (Å²) in [7, 11) is 0. The van der Waals surface area contributed by atoms with Crippen molar-refractivity contribution < 1.29 is 9.59 Å². The number of carbonyl (C=O) groups is 2. The zero-order chi connectivity index (χ0) is 21.0. The van der Waals surface area contributed by atoms with Crippen LogP contribution in [0.2, 0.25) is 0 Å². The monoisotopic (exact) mass is 392 g/mol. The summed E-state index contributed by atoms with van der Waals surface area (Å²) in [5.41, 5.74) is 4.14. The van der Waals surface area contributed by atoms with Crippen molar-refractivity contribution >= 4 is 11.8 Å². The second kappa shape index (κ2) is 9.25. The molecule has 1 fully saturated rings. The fourth-order valence-electron chi connectivity index (χ4n) is 4.05. The molecule has 0 spiro atoms. The average Bonchev–Trinajstić information content (AvgIpc) is 3.13. The molecule has 2 unspecified atom stereocenters. The van der Waals surface area contributed by atoms with Crippen LogP contribution < -0.4 is 5.32 Å². The van der Waals surface area contributed by atoms with Crippen molar-refractivity contribution in [3.63, 3.8) is 0 Å². The minimum absolute atomic E-state index is 0.000986. The molecule has 29 heavy (non-hydrogen) atoms. The fourth-order valence-corrected chi connectivity index (χ4v) is 4.05. The highest BCUT2D eigenvalue weighted by molar-refractivity contribution is 5.95. The van der Waals surface area contributed by atoms with Crippen LogP contribution in [0.3, 0.4) is 0 Å². The molecule has 1 aliphatic rings. The second-order valence-electron chi connectivity index (χ2n) is 8.62. The number of rotatable bonds is 6. The highest BCUT2D eigenvalue weighted by Gasteiger charge is 2.40. The van der Waals surface area contributed by atoms with Crippen molar-refractivity contribution in [2.45, 2.75) is 40.0 Å². The lowest BCUT2D eigenvalue weighted by Crippen LogP contribution is -2.36. The van der Waals surface area contributed by atoms with Crippen molar-refractivity contribution in [1.82, 2.24) is 10.2 Å². The fraction of sp³-hybridized carbons (Fsp3) is 0.440. The quantitative estimate of drug-likeness (QED) is 0.796.